The first-order valence-corrected chi connectivity index (χ1v) is 4.29. The predicted octanol–water partition coefficient (Wildman–Crippen LogP) is -1.83. The van der Waals surface area contributed by atoms with Gasteiger partial charge >= 0.3 is 0 Å². The molecular weight excluding hydrogens is 192 g/mol. The second-order valence-corrected chi connectivity index (χ2v) is 3.67. The number of ether oxygens (including phenoxy) is 2. The lowest BCUT2D eigenvalue weighted by Gasteiger charge is -2.49. The summed E-state index contributed by atoms with van der Waals surface area (Å²) in [7, 11) is 1.27. The minimum atomic E-state index is -2.64. The zero-order valence-corrected chi connectivity index (χ0v) is 8.34. The van der Waals surface area contributed by atoms with Crippen LogP contribution in [0.4, 0.5) is 0 Å². The van der Waals surface area contributed by atoms with E-state index >= 15 is 0 Å². The zero-order chi connectivity index (χ0) is 11.1. The quantitative estimate of drug-likeness (QED) is 0.378. The van der Waals surface area contributed by atoms with Gasteiger partial charge < -0.3 is 29.9 Å². The Morgan fingerprint density at radius 2 is 1.79 bits per heavy atom. The average molecular weight is 208 g/mol. The number of aliphatic hydroxyl groups excluding tert-OH is 2. The van der Waals surface area contributed by atoms with Crippen molar-refractivity contribution in [3.8, 4) is 0 Å². The predicted molar refractivity (Wildman–Crippen MR) is 45.1 cm³/mol. The van der Waals surface area contributed by atoms with Crippen molar-refractivity contribution < 1.29 is 29.9 Å². The van der Waals surface area contributed by atoms with Crippen LogP contribution in [0.15, 0.2) is 0 Å². The molecule has 1 rings (SSSR count). The molecular formula is C8H16O6. The topological polar surface area (TPSA) is 99.4 Å². The maximum Gasteiger partial charge on any atom is 0.224 e. The van der Waals surface area contributed by atoms with E-state index in [0.29, 0.717) is 0 Å². The molecule has 0 amide bonds. The van der Waals surface area contributed by atoms with Crippen molar-refractivity contribution in [2.24, 2.45) is 0 Å². The van der Waals surface area contributed by atoms with Gasteiger partial charge in [0.2, 0.25) is 5.79 Å². The molecule has 0 aromatic heterocycles. The fourth-order valence-corrected chi connectivity index (χ4v) is 1.55. The molecule has 0 bridgehead atoms. The lowest BCUT2D eigenvalue weighted by atomic mass is 9.90. The van der Waals surface area contributed by atoms with Crippen LogP contribution in [-0.2, 0) is 9.47 Å². The third-order valence-electron chi connectivity index (χ3n) is 2.60. The Morgan fingerprint density at radius 1 is 1.29 bits per heavy atom. The van der Waals surface area contributed by atoms with E-state index in [1.165, 1.54) is 21.0 Å². The van der Waals surface area contributed by atoms with Crippen LogP contribution in [0.3, 0.4) is 0 Å². The van der Waals surface area contributed by atoms with Crippen LogP contribution in [0.25, 0.3) is 0 Å². The van der Waals surface area contributed by atoms with E-state index in [1.807, 2.05) is 0 Å². The normalized spacial score (nSPS) is 47.8. The lowest BCUT2D eigenvalue weighted by Crippen LogP contribution is -2.70. The molecule has 1 aliphatic heterocycles. The van der Waals surface area contributed by atoms with Crippen LogP contribution in [-0.4, -0.2) is 57.4 Å². The zero-order valence-electron chi connectivity index (χ0n) is 8.34. The van der Waals surface area contributed by atoms with Gasteiger partial charge in [-0.2, -0.15) is 0 Å². The maximum absolute atomic E-state index is 9.53. The van der Waals surface area contributed by atoms with E-state index in [4.69, 9.17) is 9.47 Å². The molecule has 0 saturated carbocycles. The van der Waals surface area contributed by atoms with Crippen LogP contribution in [0.2, 0.25) is 0 Å². The first-order chi connectivity index (χ1) is 6.25. The second-order valence-electron chi connectivity index (χ2n) is 3.67. The summed E-state index contributed by atoms with van der Waals surface area (Å²) in [4.78, 5) is 0. The minimum absolute atomic E-state index is 0.849. The number of hydrogen-bond acceptors (Lipinski definition) is 6. The molecule has 0 radical (unpaired) electrons. The monoisotopic (exact) mass is 208 g/mol. The summed E-state index contributed by atoms with van der Waals surface area (Å²) >= 11 is 0. The Kier molecular flexibility index (Phi) is 2.88. The summed E-state index contributed by atoms with van der Waals surface area (Å²) in [5.41, 5.74) is 0. The van der Waals surface area contributed by atoms with Crippen LogP contribution in [0, 0.1) is 0 Å². The summed E-state index contributed by atoms with van der Waals surface area (Å²) in [6.45, 7) is 2.82. The van der Waals surface area contributed by atoms with Gasteiger partial charge in [0.1, 0.15) is 6.10 Å². The van der Waals surface area contributed by atoms with Gasteiger partial charge in [0.15, 0.2) is 11.9 Å². The molecule has 2 unspecified atom stereocenters. The number of methoxy groups -OCH3 is 1. The molecule has 84 valence electrons. The van der Waals surface area contributed by atoms with E-state index < -0.39 is 29.9 Å². The van der Waals surface area contributed by atoms with Crippen molar-refractivity contribution in [2.45, 2.75) is 43.7 Å². The maximum atomic E-state index is 9.53. The highest BCUT2D eigenvalue weighted by atomic mass is 16.7. The summed E-state index contributed by atoms with van der Waals surface area (Å²) in [5, 5.41) is 37.8. The highest BCUT2D eigenvalue weighted by Crippen LogP contribution is 2.35. The van der Waals surface area contributed by atoms with Gasteiger partial charge in [0.05, 0.1) is 6.10 Å². The van der Waals surface area contributed by atoms with E-state index in [9.17, 15) is 20.4 Å². The highest BCUT2D eigenvalue weighted by molar-refractivity contribution is 4.98. The molecule has 14 heavy (non-hydrogen) atoms. The third-order valence-corrected chi connectivity index (χ3v) is 2.60. The van der Waals surface area contributed by atoms with Crippen molar-refractivity contribution in [1.29, 1.82) is 0 Å². The van der Waals surface area contributed by atoms with Crippen molar-refractivity contribution >= 4 is 0 Å². The van der Waals surface area contributed by atoms with E-state index in [2.05, 4.69) is 0 Å². The van der Waals surface area contributed by atoms with Gasteiger partial charge in [-0.1, -0.05) is 0 Å². The van der Waals surface area contributed by atoms with Gasteiger partial charge in [0.25, 0.3) is 0 Å². The van der Waals surface area contributed by atoms with Gasteiger partial charge in [-0.15, -0.1) is 0 Å². The van der Waals surface area contributed by atoms with Gasteiger partial charge in [-0.05, 0) is 13.8 Å². The van der Waals surface area contributed by atoms with E-state index in [0.717, 1.165) is 0 Å². The summed E-state index contributed by atoms with van der Waals surface area (Å²) in [5.74, 6) is -4.18. The standard InChI is InChI=1S/C8H16O6/c1-4-5(9)8(11,12)6(10)7(2,13-3)14-4/h4-6,9-12H,1-3H3/t4?,5-,6?,7-/m0/s1. The van der Waals surface area contributed by atoms with Crippen molar-refractivity contribution in [1.82, 2.24) is 0 Å². The summed E-state index contributed by atoms with van der Waals surface area (Å²) < 4.78 is 9.98. The highest BCUT2D eigenvalue weighted by Gasteiger charge is 2.58. The van der Waals surface area contributed by atoms with Crippen LogP contribution in [0.1, 0.15) is 13.8 Å². The molecule has 0 spiro atoms. The lowest BCUT2D eigenvalue weighted by molar-refractivity contribution is -0.415. The molecule has 1 fully saturated rings. The first-order valence-electron chi connectivity index (χ1n) is 4.29. The van der Waals surface area contributed by atoms with Gasteiger partial charge in [-0.25, -0.2) is 0 Å². The van der Waals surface area contributed by atoms with Crippen molar-refractivity contribution in [3.05, 3.63) is 0 Å². The fraction of sp³-hybridized carbons (Fsp3) is 1.00. The molecule has 1 saturated heterocycles. The van der Waals surface area contributed by atoms with Crippen LogP contribution < -0.4 is 0 Å². The molecule has 1 aliphatic rings. The van der Waals surface area contributed by atoms with Crippen molar-refractivity contribution in [2.75, 3.05) is 7.11 Å². The summed E-state index contributed by atoms with van der Waals surface area (Å²) in [6.07, 6.45) is -4.18. The second kappa shape index (κ2) is 3.41. The average Bonchev–Trinajstić information content (AvgIpc) is 2.13. The molecule has 6 nitrogen and oxygen atoms in total. The molecule has 0 aliphatic carbocycles. The smallest absolute Gasteiger partial charge is 0.224 e. The Bertz CT molecular complexity index is 213. The Hall–Kier alpha value is -0.240. The fourth-order valence-electron chi connectivity index (χ4n) is 1.55. The molecule has 6 heteroatoms. The SMILES string of the molecule is CO[C@@]1(C)OC(C)[C@H](O)C(O)(O)C1O. The number of hydrogen-bond donors (Lipinski definition) is 4. The largest absolute Gasteiger partial charge is 0.385 e. The van der Waals surface area contributed by atoms with E-state index in [-0.39, 0.29) is 0 Å². The Labute approximate surface area is 81.7 Å². The van der Waals surface area contributed by atoms with Crippen LogP contribution >= 0.6 is 0 Å². The Balaban J connectivity index is 2.99. The Morgan fingerprint density at radius 3 is 2.21 bits per heavy atom. The molecule has 4 atom stereocenters. The van der Waals surface area contributed by atoms with Gasteiger partial charge in [-0.3, -0.25) is 0 Å². The van der Waals surface area contributed by atoms with Crippen LogP contribution in [0.5, 0.6) is 0 Å². The number of aliphatic hydroxyl groups is 4. The summed E-state index contributed by atoms with van der Waals surface area (Å²) in [6, 6.07) is 0. The first kappa shape index (κ1) is 11.8. The molecule has 4 N–H and O–H groups in total. The third kappa shape index (κ3) is 1.54. The minimum Gasteiger partial charge on any atom is -0.385 e. The van der Waals surface area contributed by atoms with Gasteiger partial charge in [0, 0.05) is 7.11 Å². The number of rotatable bonds is 1. The molecule has 1 heterocycles. The molecule has 0 aromatic rings. The molecule has 0 aromatic carbocycles. The van der Waals surface area contributed by atoms with E-state index in [1.54, 1.807) is 0 Å². The van der Waals surface area contributed by atoms with Crippen molar-refractivity contribution in [3.63, 3.8) is 0 Å².